The van der Waals surface area contributed by atoms with Gasteiger partial charge in [0.1, 0.15) is 0 Å². The van der Waals surface area contributed by atoms with Crippen LogP contribution in [0, 0.1) is 12.3 Å². The minimum atomic E-state index is 0.938. The Kier molecular flexibility index (Phi) is 2.34. The minimum absolute atomic E-state index is 0.938. The molecule has 0 radical (unpaired) electrons. The second-order valence-corrected chi connectivity index (χ2v) is 3.09. The molecule has 0 amide bonds. The van der Waals surface area contributed by atoms with Crippen molar-refractivity contribution in [3.63, 3.8) is 0 Å². The Morgan fingerprint density at radius 3 is 1.43 bits per heavy atom. The van der Waals surface area contributed by atoms with Crippen LogP contribution in [-0.4, -0.2) is 0 Å². The third-order valence-electron chi connectivity index (χ3n) is 2.16. The van der Waals surface area contributed by atoms with Crippen LogP contribution in [0.1, 0.15) is 5.56 Å². The van der Waals surface area contributed by atoms with E-state index in [0.29, 0.717) is 0 Å². The van der Waals surface area contributed by atoms with E-state index in [1.54, 1.807) is 0 Å². The van der Waals surface area contributed by atoms with Crippen LogP contribution in [0.2, 0.25) is 0 Å². The first kappa shape index (κ1) is 8.59. The highest BCUT2D eigenvalue weighted by molar-refractivity contribution is 5.75. The summed E-state index contributed by atoms with van der Waals surface area (Å²) in [7, 11) is 0. The summed E-state index contributed by atoms with van der Waals surface area (Å²) in [5.41, 5.74) is 3.79. The number of fused-ring (bicyclic) bond motifs is 1. The van der Waals surface area contributed by atoms with E-state index in [1.165, 1.54) is 11.1 Å². The van der Waals surface area contributed by atoms with Crippen LogP contribution in [0.25, 0.3) is 11.1 Å². The van der Waals surface area contributed by atoms with Gasteiger partial charge < -0.3 is 0 Å². The van der Waals surface area contributed by atoms with Gasteiger partial charge in [-0.25, -0.2) is 0 Å². The lowest BCUT2D eigenvalue weighted by Gasteiger charge is -2.10. The van der Waals surface area contributed by atoms with Crippen molar-refractivity contribution in [1.82, 2.24) is 0 Å². The quantitative estimate of drug-likeness (QED) is 0.463. The van der Waals surface area contributed by atoms with E-state index < -0.39 is 0 Å². The molecule has 3 rings (SSSR count). The number of benzene rings is 2. The fourth-order valence-corrected chi connectivity index (χ4v) is 1.20. The molecular weight excluding hydrogens is 168 g/mol. The van der Waals surface area contributed by atoms with E-state index in [0.717, 1.165) is 5.56 Å². The first-order valence-corrected chi connectivity index (χ1v) is 4.52. The molecule has 0 atom stereocenters. The Labute approximate surface area is 84.2 Å². The highest BCUT2D eigenvalue weighted by Gasteiger charge is 2.03. The maximum Gasteiger partial charge on any atom is 0.0242 e. The average molecular weight is 178 g/mol. The Balaban J connectivity index is 0.000000110. The zero-order valence-electron chi connectivity index (χ0n) is 7.77. The van der Waals surface area contributed by atoms with Gasteiger partial charge in [-0.15, -0.1) is 6.42 Å². The predicted octanol–water partition coefficient (Wildman–Crippen LogP) is 3.33. The van der Waals surface area contributed by atoms with Crippen LogP contribution in [-0.2, 0) is 0 Å². The largest absolute Gasteiger partial charge is 0.115 e. The Morgan fingerprint density at radius 1 is 0.714 bits per heavy atom. The molecule has 0 N–H and O–H groups in total. The van der Waals surface area contributed by atoms with Crippen molar-refractivity contribution in [2.24, 2.45) is 0 Å². The van der Waals surface area contributed by atoms with Crippen molar-refractivity contribution in [2.45, 2.75) is 0 Å². The van der Waals surface area contributed by atoms with E-state index in [9.17, 15) is 0 Å². The van der Waals surface area contributed by atoms with Gasteiger partial charge in [0.2, 0.25) is 0 Å². The number of hydrogen-bond acceptors (Lipinski definition) is 0. The number of rotatable bonds is 0. The lowest BCUT2D eigenvalue weighted by molar-refractivity contribution is 1.55. The van der Waals surface area contributed by atoms with Crippen LogP contribution >= 0.6 is 0 Å². The molecule has 0 saturated carbocycles. The lowest BCUT2D eigenvalue weighted by atomic mass is 9.95. The summed E-state index contributed by atoms with van der Waals surface area (Å²) in [6.45, 7) is 0. The summed E-state index contributed by atoms with van der Waals surface area (Å²) < 4.78 is 0. The molecule has 1 aromatic carbocycles. The van der Waals surface area contributed by atoms with Crippen molar-refractivity contribution in [3.05, 3.63) is 60.2 Å². The van der Waals surface area contributed by atoms with Gasteiger partial charge in [0.25, 0.3) is 0 Å². The molecule has 2 aliphatic carbocycles. The summed E-state index contributed by atoms with van der Waals surface area (Å²) in [6.07, 6.45) is 5.10. The smallest absolute Gasteiger partial charge is 0.0242 e. The molecule has 0 heterocycles. The molecule has 1 aromatic rings. The fraction of sp³-hybridized carbons (Fsp3) is 0. The molecule has 0 fully saturated rings. The molecule has 0 bridgehead atoms. The van der Waals surface area contributed by atoms with Crippen molar-refractivity contribution >= 4 is 0 Å². The SMILES string of the molecule is C#Cc1ccccc1.c1cc2ccc1-2. The molecule has 0 aliphatic heterocycles. The summed E-state index contributed by atoms with van der Waals surface area (Å²) in [5, 5.41) is 0. The summed E-state index contributed by atoms with van der Waals surface area (Å²) in [6, 6.07) is 18.1. The third-order valence-corrected chi connectivity index (χ3v) is 2.16. The first-order chi connectivity index (χ1) is 6.90. The first-order valence-electron chi connectivity index (χ1n) is 4.52. The highest BCUT2D eigenvalue weighted by Crippen LogP contribution is 2.29. The van der Waals surface area contributed by atoms with E-state index in [4.69, 9.17) is 6.42 Å². The van der Waals surface area contributed by atoms with Crippen LogP contribution < -0.4 is 0 Å². The Morgan fingerprint density at radius 2 is 1.21 bits per heavy atom. The van der Waals surface area contributed by atoms with E-state index in [2.05, 4.69) is 30.2 Å². The molecule has 0 heteroatoms. The topological polar surface area (TPSA) is 0 Å². The average Bonchev–Trinajstić information content (AvgIpc) is 2.25. The molecular formula is C14H10. The van der Waals surface area contributed by atoms with Crippen LogP contribution in [0.5, 0.6) is 0 Å². The van der Waals surface area contributed by atoms with Gasteiger partial charge >= 0.3 is 0 Å². The Bertz CT molecular complexity index is 423. The maximum absolute atomic E-state index is 5.10. The zero-order chi connectivity index (χ0) is 9.80. The van der Waals surface area contributed by atoms with Crippen LogP contribution in [0.3, 0.4) is 0 Å². The van der Waals surface area contributed by atoms with Gasteiger partial charge in [-0.3, -0.25) is 0 Å². The highest BCUT2D eigenvalue weighted by atomic mass is 14.1. The van der Waals surface area contributed by atoms with Gasteiger partial charge in [-0.2, -0.15) is 0 Å². The number of terminal acetylenes is 1. The van der Waals surface area contributed by atoms with Crippen LogP contribution in [0.4, 0.5) is 0 Å². The normalized spacial score (nSPS) is 9.36. The molecule has 2 aliphatic rings. The third kappa shape index (κ3) is 1.67. The molecule has 0 aromatic heterocycles. The van der Waals surface area contributed by atoms with Gasteiger partial charge in [-0.05, 0) is 23.3 Å². The van der Waals surface area contributed by atoms with Crippen molar-refractivity contribution in [2.75, 3.05) is 0 Å². The van der Waals surface area contributed by atoms with Gasteiger partial charge in [0, 0.05) is 5.56 Å². The van der Waals surface area contributed by atoms with Gasteiger partial charge in [0.05, 0.1) is 0 Å². The van der Waals surface area contributed by atoms with Gasteiger partial charge in [-0.1, -0.05) is 48.4 Å². The zero-order valence-corrected chi connectivity index (χ0v) is 7.77. The monoisotopic (exact) mass is 178 g/mol. The maximum atomic E-state index is 5.10. The standard InChI is InChI=1S/C8H6.C6H4/c1-2-8-6-4-3-5-7-8;1-2-6-4-3-5(1)6/h1,3-7H;1-4H. The molecule has 14 heavy (non-hydrogen) atoms. The molecule has 0 spiro atoms. The second-order valence-electron chi connectivity index (χ2n) is 3.09. The summed E-state index contributed by atoms with van der Waals surface area (Å²) >= 11 is 0. The summed E-state index contributed by atoms with van der Waals surface area (Å²) in [4.78, 5) is 0. The Hall–Kier alpha value is -2.00. The van der Waals surface area contributed by atoms with Crippen molar-refractivity contribution in [3.8, 4) is 23.5 Å². The van der Waals surface area contributed by atoms with Crippen molar-refractivity contribution < 1.29 is 0 Å². The van der Waals surface area contributed by atoms with E-state index in [1.807, 2.05) is 30.3 Å². The minimum Gasteiger partial charge on any atom is -0.115 e. The molecule has 0 nitrogen and oxygen atoms in total. The molecule has 66 valence electrons. The van der Waals surface area contributed by atoms with E-state index >= 15 is 0 Å². The molecule has 0 saturated heterocycles. The second kappa shape index (κ2) is 3.81. The summed E-state index contributed by atoms with van der Waals surface area (Å²) in [5.74, 6) is 2.53. The number of hydrogen-bond donors (Lipinski definition) is 0. The fourth-order valence-electron chi connectivity index (χ4n) is 1.20. The molecule has 0 unspecified atom stereocenters. The van der Waals surface area contributed by atoms with Gasteiger partial charge in [0.15, 0.2) is 0 Å². The predicted molar refractivity (Wildman–Crippen MR) is 59.8 cm³/mol. The van der Waals surface area contributed by atoms with Crippen LogP contribution in [0.15, 0.2) is 54.6 Å². The van der Waals surface area contributed by atoms with Crippen molar-refractivity contribution in [1.29, 1.82) is 0 Å². The lowest BCUT2D eigenvalue weighted by Crippen LogP contribution is -1.85. The van der Waals surface area contributed by atoms with E-state index in [-0.39, 0.29) is 0 Å².